The summed E-state index contributed by atoms with van der Waals surface area (Å²) < 4.78 is 36.8. The summed E-state index contributed by atoms with van der Waals surface area (Å²) in [6.45, 7) is 35.3. The molecule has 0 unspecified atom stereocenters. The first kappa shape index (κ1) is 38.3. The highest BCUT2D eigenvalue weighted by molar-refractivity contribution is 9.10. The molecule has 5 rings (SSSR count). The van der Waals surface area contributed by atoms with Crippen LogP contribution in [0.1, 0.15) is 99.8 Å². The minimum Gasteiger partial charge on any atom is -0.405 e. The number of hydrogen-bond acceptors (Lipinski definition) is 7. The van der Waals surface area contributed by atoms with Gasteiger partial charge in [0.2, 0.25) is 0 Å². The van der Waals surface area contributed by atoms with E-state index in [4.69, 9.17) is 39.8 Å². The molecule has 0 aliphatic carbocycles. The molecule has 46 heavy (non-hydrogen) atoms. The van der Waals surface area contributed by atoms with Gasteiger partial charge in [-0.25, -0.2) is 4.85 Å². The minimum atomic E-state index is -0.476. The van der Waals surface area contributed by atoms with E-state index < -0.39 is 14.0 Å². The maximum absolute atomic E-state index is 8.54. The van der Waals surface area contributed by atoms with Crippen LogP contribution >= 0.6 is 15.9 Å². The number of aryl methyl sites for hydroxylation is 2. The van der Waals surface area contributed by atoms with E-state index in [1.807, 2.05) is 127 Å². The third-order valence-electron chi connectivity index (χ3n) is 9.94. The van der Waals surface area contributed by atoms with Crippen LogP contribution in [0.4, 0.5) is 5.69 Å². The van der Waals surface area contributed by atoms with Crippen LogP contribution in [0.2, 0.25) is 0 Å². The molecule has 246 valence electrons. The molecule has 3 saturated heterocycles. The van der Waals surface area contributed by atoms with Crippen LogP contribution < -0.4 is 5.46 Å². The molecule has 3 aliphatic rings. The van der Waals surface area contributed by atoms with Gasteiger partial charge < -0.3 is 27.9 Å². The molecule has 12 heteroatoms. The van der Waals surface area contributed by atoms with Gasteiger partial charge in [-0.2, -0.15) is 5.26 Å². The van der Waals surface area contributed by atoms with Gasteiger partial charge in [0.25, 0.3) is 0 Å². The molecule has 0 saturated carbocycles. The van der Waals surface area contributed by atoms with Crippen LogP contribution in [0, 0.1) is 31.8 Å². The number of nitriles is 1. The number of nitrogens with zero attached hydrogens (tertiary/aromatic N) is 2. The molecular formula is C34H48B3BrN2O6. The maximum Gasteiger partial charge on any atom is 0.494 e. The van der Waals surface area contributed by atoms with Crippen molar-refractivity contribution >= 4 is 48.2 Å². The molecule has 0 amide bonds. The van der Waals surface area contributed by atoms with E-state index in [0.717, 1.165) is 26.6 Å². The van der Waals surface area contributed by atoms with Crippen molar-refractivity contribution in [1.82, 2.24) is 0 Å². The van der Waals surface area contributed by atoms with Gasteiger partial charge >= 0.3 is 21.1 Å². The normalized spacial score (nSPS) is 22.6. The fraction of sp³-hybridized carbons (Fsp3) is 0.588. The number of hydrogen-bond donors (Lipinski definition) is 0. The van der Waals surface area contributed by atoms with E-state index in [0.29, 0.717) is 5.69 Å². The van der Waals surface area contributed by atoms with Crippen LogP contribution in [0.25, 0.3) is 4.85 Å². The molecule has 3 fully saturated rings. The lowest BCUT2D eigenvalue weighted by atomic mass is 9.49. The zero-order chi connectivity index (χ0) is 35.1. The second-order valence-electron chi connectivity index (χ2n) is 15.1. The fourth-order valence-electron chi connectivity index (χ4n) is 4.68. The average Bonchev–Trinajstić information content (AvgIpc) is 3.38. The topological polar surface area (TPSA) is 83.5 Å². The second-order valence-corrected chi connectivity index (χ2v) is 16.0. The molecule has 2 aromatic carbocycles. The van der Waals surface area contributed by atoms with E-state index in [1.165, 1.54) is 0 Å². The molecule has 8 nitrogen and oxygen atoms in total. The van der Waals surface area contributed by atoms with Crippen LogP contribution in [-0.2, 0) is 27.9 Å². The summed E-state index contributed by atoms with van der Waals surface area (Å²) in [7, 11) is -1.31. The van der Waals surface area contributed by atoms with Crippen molar-refractivity contribution in [1.29, 1.82) is 5.26 Å². The largest absolute Gasteiger partial charge is 0.494 e. The lowest BCUT2D eigenvalue weighted by Crippen LogP contribution is -2.41. The Morgan fingerprint density at radius 1 is 0.630 bits per heavy atom. The average molecular weight is 693 g/mol. The first-order chi connectivity index (χ1) is 20.9. The van der Waals surface area contributed by atoms with Crippen molar-refractivity contribution in [2.45, 2.75) is 131 Å². The zero-order valence-electron chi connectivity index (χ0n) is 29.9. The Morgan fingerprint density at radius 2 is 1.04 bits per heavy atom. The van der Waals surface area contributed by atoms with Gasteiger partial charge in [0.1, 0.15) is 0 Å². The van der Waals surface area contributed by atoms with Crippen LogP contribution in [0.15, 0.2) is 40.9 Å². The highest BCUT2D eigenvalue weighted by Gasteiger charge is 2.63. The number of rotatable bonds is 2. The Bertz CT molecular complexity index is 1430. The highest BCUT2D eigenvalue weighted by Crippen LogP contribution is 2.43. The fourth-order valence-corrected chi connectivity index (χ4v) is 5.16. The summed E-state index contributed by atoms with van der Waals surface area (Å²) in [5, 5.41) is 8.54. The van der Waals surface area contributed by atoms with E-state index in [-0.39, 0.29) is 40.7 Å². The standard InChI is InChI=1S/C14H18BNO2.C12H24B2O4.C8H6BrN/c1-10-9-11(7-8-12(10)16-6)15-17-13(2,3)14(4,5)18-15;1-9(2)10(3,4)16-13(15-9)14-17-11(5,6)12(7,8)18-14;1-6-4-8(9)3-2-7(6)5-10/h7-9H,1-5H3;1-8H3;2-4H,1H3. The van der Waals surface area contributed by atoms with Crippen LogP contribution in [0.5, 0.6) is 0 Å². The molecule has 0 N–H and O–H groups in total. The van der Waals surface area contributed by atoms with Gasteiger partial charge in [-0.3, -0.25) is 0 Å². The molecule has 0 radical (unpaired) electrons. The number of halogens is 1. The SMILES string of the molecule is CC1(C)OB(B2OC(C)(C)C(C)(C)O2)OC1(C)C.Cc1cc(Br)ccc1C#N.[C-]#[N+]c1ccc(B2OC(C)(C)C(C)(C)O2)cc1C. The molecule has 2 aromatic rings. The number of benzene rings is 2. The Morgan fingerprint density at radius 3 is 1.39 bits per heavy atom. The minimum absolute atomic E-state index is 0.329. The summed E-state index contributed by atoms with van der Waals surface area (Å²) in [4.78, 5) is 3.46. The lowest BCUT2D eigenvalue weighted by Gasteiger charge is -2.32. The first-order valence-corrected chi connectivity index (χ1v) is 16.4. The Hall–Kier alpha value is -2.15. The lowest BCUT2D eigenvalue weighted by molar-refractivity contribution is 0.00578. The molecule has 0 atom stereocenters. The Labute approximate surface area is 286 Å². The van der Waals surface area contributed by atoms with Crippen LogP contribution in [0.3, 0.4) is 0 Å². The maximum atomic E-state index is 8.54. The van der Waals surface area contributed by atoms with Crippen molar-refractivity contribution in [3.8, 4) is 6.07 Å². The van der Waals surface area contributed by atoms with E-state index in [2.05, 4.69) is 26.8 Å². The zero-order valence-corrected chi connectivity index (χ0v) is 31.5. The summed E-state index contributed by atoms with van der Waals surface area (Å²) >= 11 is 3.32. The highest BCUT2D eigenvalue weighted by atomic mass is 79.9. The molecular weight excluding hydrogens is 645 g/mol. The van der Waals surface area contributed by atoms with Crippen molar-refractivity contribution in [2.24, 2.45) is 0 Å². The quantitative estimate of drug-likeness (QED) is 0.235. The van der Waals surface area contributed by atoms with E-state index >= 15 is 0 Å². The summed E-state index contributed by atoms with van der Waals surface area (Å²) in [6, 6.07) is 13.4. The van der Waals surface area contributed by atoms with Crippen molar-refractivity contribution in [3.63, 3.8) is 0 Å². The van der Waals surface area contributed by atoms with Gasteiger partial charge in [-0.1, -0.05) is 34.1 Å². The summed E-state index contributed by atoms with van der Waals surface area (Å²) in [6.07, 6.45) is 0. The molecule has 3 aliphatic heterocycles. The third kappa shape index (κ3) is 8.10. The van der Waals surface area contributed by atoms with Gasteiger partial charge in [-0.05, 0) is 132 Å². The van der Waals surface area contributed by atoms with Gasteiger partial charge in [-0.15, -0.1) is 0 Å². The van der Waals surface area contributed by atoms with Crippen LogP contribution in [-0.4, -0.2) is 54.7 Å². The van der Waals surface area contributed by atoms with Crippen molar-refractivity contribution < 1.29 is 27.9 Å². The predicted molar refractivity (Wildman–Crippen MR) is 189 cm³/mol. The predicted octanol–water partition coefficient (Wildman–Crippen LogP) is 7.72. The Balaban J connectivity index is 0.000000196. The summed E-state index contributed by atoms with van der Waals surface area (Å²) in [5.74, 6) is 0. The van der Waals surface area contributed by atoms with E-state index in [1.54, 1.807) is 6.07 Å². The van der Waals surface area contributed by atoms with Gasteiger partial charge in [0.15, 0.2) is 5.69 Å². The van der Waals surface area contributed by atoms with Crippen molar-refractivity contribution in [3.05, 3.63) is 69.0 Å². The second kappa shape index (κ2) is 13.4. The third-order valence-corrected chi connectivity index (χ3v) is 10.4. The molecule has 0 bridgehead atoms. The van der Waals surface area contributed by atoms with Gasteiger partial charge in [0, 0.05) is 4.47 Å². The molecule has 0 spiro atoms. The molecule has 3 heterocycles. The summed E-state index contributed by atoms with van der Waals surface area (Å²) in [5.41, 5.74) is 2.25. The molecule has 0 aromatic heterocycles. The monoisotopic (exact) mass is 692 g/mol. The van der Waals surface area contributed by atoms with E-state index in [9.17, 15) is 0 Å². The smallest absolute Gasteiger partial charge is 0.405 e. The Kier molecular flexibility index (Phi) is 11.2. The van der Waals surface area contributed by atoms with Crippen molar-refractivity contribution in [2.75, 3.05) is 0 Å². The van der Waals surface area contributed by atoms with Gasteiger partial charge in [0.05, 0.1) is 51.8 Å². The first-order valence-electron chi connectivity index (χ1n) is 15.6.